The minimum Gasteiger partial charge on any atom is -0.0827 e. The highest BCUT2D eigenvalue weighted by Crippen LogP contribution is 2.32. The highest BCUT2D eigenvalue weighted by molar-refractivity contribution is 6.47. The molecule has 8 heteroatoms. The third kappa shape index (κ3) is 5.51. The van der Waals surface area contributed by atoms with Crippen molar-refractivity contribution in [1.82, 2.24) is 0 Å². The van der Waals surface area contributed by atoms with Crippen molar-refractivity contribution in [1.29, 1.82) is 0 Å². The van der Waals surface area contributed by atoms with E-state index in [9.17, 15) is 0 Å². The van der Waals surface area contributed by atoms with E-state index in [0.29, 0.717) is 40.2 Å². The third-order valence-electron chi connectivity index (χ3n) is 1.93. The van der Waals surface area contributed by atoms with Gasteiger partial charge < -0.3 is 0 Å². The Morgan fingerprint density at radius 3 is 0.500 bits per heavy atom. The molecular weight excluding hydrogens is 428 g/mol. The van der Waals surface area contributed by atoms with Crippen LogP contribution in [0.3, 0.4) is 0 Å². The first-order chi connectivity index (χ1) is 9.22. The molecule has 0 heterocycles. The zero-order valence-electron chi connectivity index (χ0n) is 9.33. The molecule has 0 saturated heterocycles. The Labute approximate surface area is 156 Å². The minimum atomic E-state index is 0.413. The van der Waals surface area contributed by atoms with Gasteiger partial charge in [0.15, 0.2) is 0 Å². The summed E-state index contributed by atoms with van der Waals surface area (Å²) in [5.74, 6) is 0. The SMILES string of the molecule is Clc1cc(Cl)c(Cl)cc1Cl.Clc1cc(Cl)c(Cl)cc1Cl. The average molecular weight is 432 g/mol. The molecule has 0 atom stereocenters. The molecule has 2 aromatic rings. The summed E-state index contributed by atoms with van der Waals surface area (Å²) in [5.41, 5.74) is 0. The van der Waals surface area contributed by atoms with Crippen molar-refractivity contribution < 1.29 is 0 Å². The molecule has 108 valence electrons. The van der Waals surface area contributed by atoms with Crippen molar-refractivity contribution in [2.24, 2.45) is 0 Å². The van der Waals surface area contributed by atoms with Gasteiger partial charge in [0.1, 0.15) is 0 Å². The van der Waals surface area contributed by atoms with Crippen LogP contribution in [0.2, 0.25) is 40.2 Å². The van der Waals surface area contributed by atoms with Crippen LogP contribution in [0, 0.1) is 0 Å². The van der Waals surface area contributed by atoms with E-state index >= 15 is 0 Å². The van der Waals surface area contributed by atoms with Crippen LogP contribution in [-0.2, 0) is 0 Å². The quantitative estimate of drug-likeness (QED) is 0.366. The number of rotatable bonds is 0. The Morgan fingerprint density at radius 1 is 0.300 bits per heavy atom. The Hall–Kier alpha value is 0.760. The molecule has 0 saturated carbocycles. The lowest BCUT2D eigenvalue weighted by Gasteiger charge is -1.97. The zero-order chi connectivity index (χ0) is 15.4. The summed E-state index contributed by atoms with van der Waals surface area (Å²) in [5, 5.41) is 3.30. The van der Waals surface area contributed by atoms with Gasteiger partial charge in [0.25, 0.3) is 0 Å². The molecule has 0 spiro atoms. The molecule has 2 aromatic carbocycles. The summed E-state index contributed by atoms with van der Waals surface area (Å²) in [6.07, 6.45) is 0. The summed E-state index contributed by atoms with van der Waals surface area (Å²) in [4.78, 5) is 0. The molecular formula is C12H4Cl8. The van der Waals surface area contributed by atoms with Crippen molar-refractivity contribution in [3.63, 3.8) is 0 Å². The van der Waals surface area contributed by atoms with E-state index in [1.807, 2.05) is 0 Å². The van der Waals surface area contributed by atoms with Gasteiger partial charge in [0.05, 0.1) is 40.2 Å². The summed E-state index contributed by atoms with van der Waals surface area (Å²) in [6.45, 7) is 0. The lowest BCUT2D eigenvalue weighted by Crippen LogP contribution is -1.70. The van der Waals surface area contributed by atoms with Gasteiger partial charge in [-0.1, -0.05) is 92.8 Å². The second-order valence-corrected chi connectivity index (χ2v) is 6.62. The van der Waals surface area contributed by atoms with Crippen LogP contribution in [0.1, 0.15) is 0 Å². The second kappa shape index (κ2) is 8.41. The molecule has 2 rings (SSSR count). The number of benzene rings is 2. The van der Waals surface area contributed by atoms with E-state index in [2.05, 4.69) is 0 Å². The number of hydrogen-bond donors (Lipinski definition) is 0. The van der Waals surface area contributed by atoms with Gasteiger partial charge in [-0.25, -0.2) is 0 Å². The third-order valence-corrected chi connectivity index (χ3v) is 4.82. The van der Waals surface area contributed by atoms with Crippen LogP contribution in [0.15, 0.2) is 24.3 Å². The first-order valence-electron chi connectivity index (χ1n) is 4.82. The van der Waals surface area contributed by atoms with Gasteiger partial charge in [-0.05, 0) is 24.3 Å². The van der Waals surface area contributed by atoms with Gasteiger partial charge in [0, 0.05) is 0 Å². The molecule has 0 amide bonds. The van der Waals surface area contributed by atoms with Crippen molar-refractivity contribution in [2.75, 3.05) is 0 Å². The summed E-state index contributed by atoms with van der Waals surface area (Å²) < 4.78 is 0. The molecule has 0 fully saturated rings. The van der Waals surface area contributed by atoms with Crippen LogP contribution >= 0.6 is 92.8 Å². The predicted octanol–water partition coefficient (Wildman–Crippen LogP) is 8.60. The minimum absolute atomic E-state index is 0.413. The van der Waals surface area contributed by atoms with Gasteiger partial charge in [-0.2, -0.15) is 0 Å². The second-order valence-electron chi connectivity index (χ2n) is 3.36. The first-order valence-corrected chi connectivity index (χ1v) is 7.84. The molecule has 0 nitrogen and oxygen atoms in total. The van der Waals surface area contributed by atoms with Crippen LogP contribution in [-0.4, -0.2) is 0 Å². The summed E-state index contributed by atoms with van der Waals surface area (Å²) >= 11 is 44.9. The number of hydrogen-bond acceptors (Lipinski definition) is 0. The summed E-state index contributed by atoms with van der Waals surface area (Å²) in [6, 6.07) is 6.03. The smallest absolute Gasteiger partial charge is 0.0608 e. The highest BCUT2D eigenvalue weighted by atomic mass is 35.5. The number of halogens is 8. The van der Waals surface area contributed by atoms with E-state index in [1.165, 1.54) is 24.3 Å². The van der Waals surface area contributed by atoms with E-state index < -0.39 is 0 Å². The largest absolute Gasteiger partial charge is 0.0827 e. The van der Waals surface area contributed by atoms with E-state index in [1.54, 1.807) is 0 Å². The van der Waals surface area contributed by atoms with Gasteiger partial charge >= 0.3 is 0 Å². The molecule has 0 aromatic heterocycles. The van der Waals surface area contributed by atoms with Crippen molar-refractivity contribution in [3.8, 4) is 0 Å². The van der Waals surface area contributed by atoms with Gasteiger partial charge in [-0.15, -0.1) is 0 Å². The lowest BCUT2D eigenvalue weighted by atomic mass is 10.4. The topological polar surface area (TPSA) is 0 Å². The first kappa shape index (κ1) is 18.8. The normalized spacial score (nSPS) is 10.0. The maximum Gasteiger partial charge on any atom is 0.0608 e. The van der Waals surface area contributed by atoms with Crippen LogP contribution in [0.25, 0.3) is 0 Å². The molecule has 0 aliphatic carbocycles. The maximum absolute atomic E-state index is 5.61. The van der Waals surface area contributed by atoms with E-state index in [0.717, 1.165) is 0 Å². The molecule has 20 heavy (non-hydrogen) atoms. The Kier molecular flexibility index (Phi) is 7.91. The Balaban J connectivity index is 0.000000200. The molecule has 0 aliphatic rings. The van der Waals surface area contributed by atoms with Crippen molar-refractivity contribution in [2.45, 2.75) is 0 Å². The van der Waals surface area contributed by atoms with E-state index in [-0.39, 0.29) is 0 Å². The van der Waals surface area contributed by atoms with Crippen LogP contribution < -0.4 is 0 Å². The fraction of sp³-hybridized carbons (Fsp3) is 0. The molecule has 0 radical (unpaired) electrons. The van der Waals surface area contributed by atoms with Crippen molar-refractivity contribution >= 4 is 92.8 Å². The molecule has 0 N–H and O–H groups in total. The van der Waals surface area contributed by atoms with Crippen LogP contribution in [0.5, 0.6) is 0 Å². The highest BCUT2D eigenvalue weighted by Gasteiger charge is 2.03. The zero-order valence-corrected chi connectivity index (χ0v) is 15.4. The van der Waals surface area contributed by atoms with E-state index in [4.69, 9.17) is 92.8 Å². The van der Waals surface area contributed by atoms with Crippen LogP contribution in [0.4, 0.5) is 0 Å². The fourth-order valence-electron chi connectivity index (χ4n) is 0.997. The predicted molar refractivity (Wildman–Crippen MR) is 93.0 cm³/mol. The average Bonchev–Trinajstić information content (AvgIpc) is 2.35. The van der Waals surface area contributed by atoms with Gasteiger partial charge in [-0.3, -0.25) is 0 Å². The summed E-state index contributed by atoms with van der Waals surface area (Å²) in [7, 11) is 0. The monoisotopic (exact) mass is 428 g/mol. The Bertz CT molecular complexity index is 467. The standard InChI is InChI=1S/2C6H2Cl4/c2*7-3-1-4(8)6(10)2-5(3)9/h2*1-2H. The fourth-order valence-corrected chi connectivity index (χ4v) is 2.53. The van der Waals surface area contributed by atoms with Gasteiger partial charge in [0.2, 0.25) is 0 Å². The molecule has 0 bridgehead atoms. The molecule has 0 aliphatic heterocycles. The lowest BCUT2D eigenvalue weighted by molar-refractivity contribution is 1.70. The maximum atomic E-state index is 5.61. The molecule has 0 unspecified atom stereocenters. The van der Waals surface area contributed by atoms with Crippen molar-refractivity contribution in [3.05, 3.63) is 64.4 Å². The Morgan fingerprint density at radius 2 is 0.400 bits per heavy atom.